The van der Waals surface area contributed by atoms with Gasteiger partial charge in [-0.05, 0) is 35.9 Å². The summed E-state index contributed by atoms with van der Waals surface area (Å²) in [6.45, 7) is 2.21. The van der Waals surface area contributed by atoms with Crippen molar-refractivity contribution in [1.82, 2.24) is 5.32 Å². The van der Waals surface area contributed by atoms with Gasteiger partial charge in [0.15, 0.2) is 5.75 Å². The molecule has 0 bridgehead atoms. The summed E-state index contributed by atoms with van der Waals surface area (Å²) in [4.78, 5) is 34.4. The number of halogens is 5. The largest absolute Gasteiger partial charge is 0.486 e. The summed E-state index contributed by atoms with van der Waals surface area (Å²) in [5.74, 6) is -2.97. The molecule has 0 aliphatic carbocycles. The van der Waals surface area contributed by atoms with E-state index in [-0.39, 0.29) is 39.2 Å². The van der Waals surface area contributed by atoms with Crippen LogP contribution in [0.5, 0.6) is 5.75 Å². The molecule has 0 unspecified atom stereocenters. The van der Waals surface area contributed by atoms with E-state index < -0.39 is 42.0 Å². The second-order valence-electron chi connectivity index (χ2n) is 7.19. The van der Waals surface area contributed by atoms with Gasteiger partial charge in [-0.25, -0.2) is 0 Å². The lowest BCUT2D eigenvalue weighted by molar-refractivity contribution is -0.138. The molecular weight excluding hydrogens is 488 g/mol. The van der Waals surface area contributed by atoms with E-state index in [2.05, 4.69) is 10.6 Å². The lowest BCUT2D eigenvalue weighted by Gasteiger charge is -2.16. The van der Waals surface area contributed by atoms with Gasteiger partial charge in [0.1, 0.15) is 13.2 Å². The Kier molecular flexibility index (Phi) is 8.57. The minimum Gasteiger partial charge on any atom is -0.486 e. The van der Waals surface area contributed by atoms with Crippen LogP contribution >= 0.6 is 23.2 Å². The van der Waals surface area contributed by atoms with E-state index in [4.69, 9.17) is 33.0 Å². The zero-order chi connectivity index (χ0) is 24.9. The van der Waals surface area contributed by atoms with Crippen LogP contribution in [-0.2, 0) is 22.4 Å². The molecule has 0 radical (unpaired) electrons. The molecule has 2 aromatic carbocycles. The summed E-state index contributed by atoms with van der Waals surface area (Å²) < 4.78 is 45.4. The Bertz CT molecular complexity index is 1050. The number of alkyl halides is 3. The smallest absolute Gasteiger partial charge is 0.416 e. The van der Waals surface area contributed by atoms with Gasteiger partial charge < -0.3 is 20.5 Å². The number of carboxylic acid groups (broad SMARTS) is 1. The third-order valence-corrected chi connectivity index (χ3v) is 4.72. The molecule has 178 valence electrons. The van der Waals surface area contributed by atoms with Crippen molar-refractivity contribution in [3.8, 4) is 5.75 Å². The monoisotopic (exact) mass is 506 g/mol. The fraction of sp³-hybridized carbons (Fsp3) is 0.286. The first kappa shape index (κ1) is 26.3. The molecular formula is C21H19Cl2F3N2O5. The Hall–Kier alpha value is -2.98. The average molecular weight is 507 g/mol. The summed E-state index contributed by atoms with van der Waals surface area (Å²) in [6.07, 6.45) is -4.66. The van der Waals surface area contributed by atoms with Crippen molar-refractivity contribution >= 4 is 46.7 Å². The van der Waals surface area contributed by atoms with Crippen molar-refractivity contribution in [3.63, 3.8) is 0 Å². The Morgan fingerprint density at radius 3 is 2.18 bits per heavy atom. The topological polar surface area (TPSA) is 105 Å². The SMILES string of the molecule is CC(C)C(=O)Nc1cc(COc2c(Cl)cc(C(=O)NCC(=O)O)cc2Cl)cc(C(F)(F)F)c1. The van der Waals surface area contributed by atoms with Crippen LogP contribution in [0.25, 0.3) is 0 Å². The molecule has 0 aliphatic heterocycles. The number of amides is 2. The number of ether oxygens (including phenoxy) is 1. The van der Waals surface area contributed by atoms with Crippen LogP contribution in [0.3, 0.4) is 0 Å². The van der Waals surface area contributed by atoms with E-state index in [1.165, 1.54) is 18.2 Å². The summed E-state index contributed by atoms with van der Waals surface area (Å²) in [5, 5.41) is 13.0. The quantitative estimate of drug-likeness (QED) is 0.467. The van der Waals surface area contributed by atoms with Crippen LogP contribution in [0, 0.1) is 5.92 Å². The zero-order valence-corrected chi connectivity index (χ0v) is 18.9. The van der Waals surface area contributed by atoms with Crippen LogP contribution in [0.4, 0.5) is 18.9 Å². The van der Waals surface area contributed by atoms with Crippen molar-refractivity contribution in [2.45, 2.75) is 26.6 Å². The molecule has 0 saturated carbocycles. The number of carbonyl (C=O) groups excluding carboxylic acids is 2. The summed E-state index contributed by atoms with van der Waals surface area (Å²) in [5.41, 5.74) is -0.981. The van der Waals surface area contributed by atoms with Crippen LogP contribution in [0.1, 0.15) is 35.3 Å². The number of carbonyl (C=O) groups is 3. The molecule has 7 nitrogen and oxygen atoms in total. The van der Waals surface area contributed by atoms with Crippen molar-refractivity contribution < 1.29 is 37.4 Å². The Balaban J connectivity index is 2.26. The number of hydrogen-bond donors (Lipinski definition) is 3. The molecule has 0 heterocycles. The second kappa shape index (κ2) is 10.8. The fourth-order valence-corrected chi connectivity index (χ4v) is 3.14. The number of carboxylic acids is 1. The maximum atomic E-state index is 13.3. The van der Waals surface area contributed by atoms with Crippen molar-refractivity contribution in [1.29, 1.82) is 0 Å². The highest BCUT2D eigenvalue weighted by molar-refractivity contribution is 6.37. The fourth-order valence-electron chi connectivity index (χ4n) is 2.54. The predicted molar refractivity (Wildman–Crippen MR) is 116 cm³/mol. The highest BCUT2D eigenvalue weighted by Gasteiger charge is 2.31. The molecule has 3 N–H and O–H groups in total. The molecule has 12 heteroatoms. The van der Waals surface area contributed by atoms with E-state index in [0.717, 1.165) is 12.1 Å². The first-order valence-electron chi connectivity index (χ1n) is 9.41. The minimum absolute atomic E-state index is 0.0312. The first-order valence-corrected chi connectivity index (χ1v) is 10.2. The van der Waals surface area contributed by atoms with Gasteiger partial charge in [-0.3, -0.25) is 14.4 Å². The molecule has 0 saturated heterocycles. The number of rotatable bonds is 8. The van der Waals surface area contributed by atoms with E-state index in [1.807, 2.05) is 0 Å². The molecule has 0 spiro atoms. The summed E-state index contributed by atoms with van der Waals surface area (Å²) >= 11 is 12.2. The molecule has 0 aromatic heterocycles. The van der Waals surface area contributed by atoms with E-state index in [9.17, 15) is 27.6 Å². The van der Waals surface area contributed by atoms with Gasteiger partial charge in [-0.2, -0.15) is 13.2 Å². The maximum absolute atomic E-state index is 13.3. The lowest BCUT2D eigenvalue weighted by Crippen LogP contribution is -2.29. The van der Waals surface area contributed by atoms with Gasteiger partial charge in [-0.1, -0.05) is 37.0 Å². The molecule has 0 aliphatic rings. The van der Waals surface area contributed by atoms with Crippen LogP contribution in [-0.4, -0.2) is 29.4 Å². The highest BCUT2D eigenvalue weighted by Crippen LogP contribution is 2.36. The van der Waals surface area contributed by atoms with Crippen LogP contribution < -0.4 is 15.4 Å². The third-order valence-electron chi connectivity index (χ3n) is 4.16. The minimum atomic E-state index is -4.66. The normalized spacial score (nSPS) is 11.3. The van der Waals surface area contributed by atoms with Gasteiger partial charge in [0, 0.05) is 17.2 Å². The van der Waals surface area contributed by atoms with Gasteiger partial charge >= 0.3 is 12.1 Å². The summed E-state index contributed by atoms with van der Waals surface area (Å²) in [7, 11) is 0. The first-order chi connectivity index (χ1) is 15.3. The zero-order valence-electron chi connectivity index (χ0n) is 17.3. The maximum Gasteiger partial charge on any atom is 0.416 e. The molecule has 2 aromatic rings. The van der Waals surface area contributed by atoms with Gasteiger partial charge in [0.25, 0.3) is 5.91 Å². The van der Waals surface area contributed by atoms with Gasteiger partial charge in [-0.15, -0.1) is 0 Å². The Labute approximate surface area is 196 Å². The lowest BCUT2D eigenvalue weighted by atomic mass is 10.1. The Morgan fingerprint density at radius 1 is 1.06 bits per heavy atom. The third kappa shape index (κ3) is 7.54. The van der Waals surface area contributed by atoms with Crippen LogP contribution in [0.15, 0.2) is 30.3 Å². The predicted octanol–water partition coefficient (Wildman–Crippen LogP) is 5.00. The molecule has 33 heavy (non-hydrogen) atoms. The number of anilines is 1. The van der Waals surface area contributed by atoms with Crippen molar-refractivity contribution in [2.75, 3.05) is 11.9 Å². The standard InChI is InChI=1S/C21H19Cl2F3N2O5/c1-10(2)19(31)28-14-4-11(3-13(7-14)21(24,25)26)9-33-18-15(22)5-12(6-16(18)23)20(32)27-8-17(29)30/h3-7,10H,8-9H2,1-2H3,(H,27,32)(H,28,31)(H,29,30). The summed E-state index contributed by atoms with van der Waals surface area (Å²) in [6, 6.07) is 5.36. The number of aliphatic carboxylic acids is 1. The molecule has 0 fully saturated rings. The van der Waals surface area contributed by atoms with E-state index >= 15 is 0 Å². The second-order valence-corrected chi connectivity index (χ2v) is 8.01. The van der Waals surface area contributed by atoms with Crippen molar-refractivity contribution in [2.24, 2.45) is 5.92 Å². The van der Waals surface area contributed by atoms with Gasteiger partial charge in [0.2, 0.25) is 5.91 Å². The number of hydrogen-bond acceptors (Lipinski definition) is 4. The number of nitrogens with one attached hydrogen (secondary N) is 2. The Morgan fingerprint density at radius 2 is 1.67 bits per heavy atom. The van der Waals surface area contributed by atoms with Crippen molar-refractivity contribution in [3.05, 3.63) is 57.1 Å². The molecule has 0 atom stereocenters. The van der Waals surface area contributed by atoms with Gasteiger partial charge in [0.05, 0.1) is 15.6 Å². The molecule has 2 amide bonds. The number of benzene rings is 2. The van der Waals surface area contributed by atoms with E-state index in [0.29, 0.717) is 0 Å². The highest BCUT2D eigenvalue weighted by atomic mass is 35.5. The molecule has 2 rings (SSSR count). The van der Waals surface area contributed by atoms with Crippen LogP contribution in [0.2, 0.25) is 10.0 Å². The van der Waals surface area contributed by atoms with E-state index in [1.54, 1.807) is 13.8 Å². The average Bonchev–Trinajstić information content (AvgIpc) is 2.70.